The molecule has 9 nitrogen and oxygen atoms in total. The van der Waals surface area contributed by atoms with Crippen molar-refractivity contribution in [1.29, 1.82) is 0 Å². The van der Waals surface area contributed by atoms with Crippen LogP contribution in [0.5, 0.6) is 0 Å². The van der Waals surface area contributed by atoms with E-state index in [-0.39, 0.29) is 25.0 Å². The number of aldehydes is 1. The number of amides is 3. The van der Waals surface area contributed by atoms with Gasteiger partial charge in [-0.05, 0) is 19.3 Å². The van der Waals surface area contributed by atoms with E-state index in [9.17, 15) is 19.2 Å². The summed E-state index contributed by atoms with van der Waals surface area (Å²) < 4.78 is 10.3. The number of nitrogens with one attached hydrogen (secondary N) is 3. The Kier molecular flexibility index (Phi) is 15.5. The molecule has 0 aromatic heterocycles. The molecule has 3 N–H and O–H groups in total. The normalized spacial score (nSPS) is 11.4. The topological polar surface area (TPSA) is 123 Å². The number of rotatable bonds is 17. The van der Waals surface area contributed by atoms with Gasteiger partial charge in [0.15, 0.2) is 0 Å². The van der Waals surface area contributed by atoms with Crippen LogP contribution in [0.4, 0.5) is 0 Å². The summed E-state index contributed by atoms with van der Waals surface area (Å²) >= 11 is 0. The van der Waals surface area contributed by atoms with Crippen LogP contribution >= 0.6 is 0 Å². The van der Waals surface area contributed by atoms with Crippen molar-refractivity contribution in [2.75, 3.05) is 39.5 Å². The van der Waals surface area contributed by atoms with Crippen molar-refractivity contribution in [2.24, 2.45) is 0 Å². The quantitative estimate of drug-likeness (QED) is 0.230. The van der Waals surface area contributed by atoms with Crippen LogP contribution in [0.15, 0.2) is 0 Å². The third-order valence-corrected chi connectivity index (χ3v) is 3.18. The predicted octanol–water partition coefficient (Wildman–Crippen LogP) is -0.854. The van der Waals surface area contributed by atoms with E-state index >= 15 is 0 Å². The Morgan fingerprint density at radius 1 is 1.00 bits per heavy atom. The second kappa shape index (κ2) is 16.8. The van der Waals surface area contributed by atoms with Gasteiger partial charge >= 0.3 is 0 Å². The molecule has 3 amide bonds. The molecular formula is C16H29N3O6. The Morgan fingerprint density at radius 3 is 2.44 bits per heavy atom. The maximum Gasteiger partial charge on any atom is 0.246 e. The Balaban J connectivity index is 3.61. The zero-order valence-electron chi connectivity index (χ0n) is 14.8. The molecule has 0 heterocycles. The Labute approximate surface area is 148 Å². The van der Waals surface area contributed by atoms with E-state index in [2.05, 4.69) is 16.0 Å². The minimum absolute atomic E-state index is 0.00127. The van der Waals surface area contributed by atoms with E-state index < -0.39 is 6.04 Å². The molecule has 25 heavy (non-hydrogen) atoms. The second-order valence-corrected chi connectivity index (χ2v) is 5.25. The Bertz CT molecular complexity index is 392. The van der Waals surface area contributed by atoms with E-state index in [4.69, 9.17) is 9.47 Å². The van der Waals surface area contributed by atoms with Crippen LogP contribution in [0.1, 0.15) is 32.6 Å². The van der Waals surface area contributed by atoms with Gasteiger partial charge in [-0.3, -0.25) is 14.4 Å². The van der Waals surface area contributed by atoms with Gasteiger partial charge in [0.05, 0.1) is 25.9 Å². The van der Waals surface area contributed by atoms with Gasteiger partial charge in [0, 0.05) is 19.5 Å². The summed E-state index contributed by atoms with van der Waals surface area (Å²) in [6.45, 7) is 3.57. The van der Waals surface area contributed by atoms with E-state index in [0.717, 1.165) is 12.8 Å². The first-order valence-corrected chi connectivity index (χ1v) is 8.47. The van der Waals surface area contributed by atoms with Crippen LogP contribution < -0.4 is 16.0 Å². The molecule has 0 aliphatic carbocycles. The highest BCUT2D eigenvalue weighted by atomic mass is 16.5. The van der Waals surface area contributed by atoms with E-state index in [0.29, 0.717) is 51.8 Å². The van der Waals surface area contributed by atoms with Gasteiger partial charge < -0.3 is 30.2 Å². The summed E-state index contributed by atoms with van der Waals surface area (Å²) in [5, 5.41) is 7.79. The molecule has 0 aromatic rings. The van der Waals surface area contributed by atoms with Crippen LogP contribution in [0, 0.1) is 0 Å². The standard InChI is InChI=1S/C16H29N3O6/c1-2-15(22)18-6-4-3-5-14(11-20)19-16(23)12-25-10-9-24-8-7-17-13-21/h11,13-14H,2-10,12H2,1H3,(H,17,21)(H,18,22)(H,19,23). The summed E-state index contributed by atoms with van der Waals surface area (Å²) in [5.41, 5.74) is 0. The van der Waals surface area contributed by atoms with Crippen molar-refractivity contribution in [1.82, 2.24) is 16.0 Å². The molecule has 0 bridgehead atoms. The highest BCUT2D eigenvalue weighted by Gasteiger charge is 2.11. The summed E-state index contributed by atoms with van der Waals surface area (Å²) in [4.78, 5) is 43.7. The van der Waals surface area contributed by atoms with E-state index in [1.165, 1.54) is 0 Å². The van der Waals surface area contributed by atoms with Crippen LogP contribution in [0.2, 0.25) is 0 Å². The van der Waals surface area contributed by atoms with E-state index in [1.54, 1.807) is 6.92 Å². The molecule has 9 heteroatoms. The fraction of sp³-hybridized carbons (Fsp3) is 0.750. The zero-order valence-corrected chi connectivity index (χ0v) is 14.8. The minimum Gasteiger partial charge on any atom is -0.377 e. The number of carbonyl (C=O) groups is 4. The van der Waals surface area contributed by atoms with Gasteiger partial charge in [-0.25, -0.2) is 0 Å². The largest absolute Gasteiger partial charge is 0.377 e. The predicted molar refractivity (Wildman–Crippen MR) is 90.9 cm³/mol. The van der Waals surface area contributed by atoms with Crippen LogP contribution in [-0.2, 0) is 28.7 Å². The maximum absolute atomic E-state index is 11.7. The maximum atomic E-state index is 11.7. The zero-order chi connectivity index (χ0) is 18.8. The van der Waals surface area contributed by atoms with Crippen molar-refractivity contribution >= 4 is 24.5 Å². The van der Waals surface area contributed by atoms with Crippen LogP contribution in [-0.4, -0.2) is 70.1 Å². The summed E-state index contributed by atoms with van der Waals surface area (Å²) in [5.74, 6) is -0.361. The van der Waals surface area contributed by atoms with Gasteiger partial charge in [0.1, 0.15) is 12.9 Å². The molecule has 0 aliphatic rings. The molecule has 144 valence electrons. The Hall–Kier alpha value is -2.00. The lowest BCUT2D eigenvalue weighted by Gasteiger charge is -2.13. The SMILES string of the molecule is CCC(=O)NCCCCC(C=O)NC(=O)COCCOCCNC=O. The molecule has 0 saturated carbocycles. The molecule has 1 atom stereocenters. The number of ether oxygens (including phenoxy) is 2. The van der Waals surface area contributed by atoms with Crippen molar-refractivity contribution in [3.63, 3.8) is 0 Å². The van der Waals surface area contributed by atoms with E-state index in [1.807, 2.05) is 0 Å². The molecule has 0 saturated heterocycles. The average molecular weight is 359 g/mol. The van der Waals surface area contributed by atoms with Crippen LogP contribution in [0.25, 0.3) is 0 Å². The van der Waals surface area contributed by atoms with Crippen molar-refractivity contribution < 1.29 is 28.7 Å². The molecule has 0 spiro atoms. The first-order chi connectivity index (χ1) is 12.1. The lowest BCUT2D eigenvalue weighted by molar-refractivity contribution is -0.128. The van der Waals surface area contributed by atoms with Gasteiger partial charge in [-0.15, -0.1) is 0 Å². The summed E-state index contributed by atoms with van der Waals surface area (Å²) in [7, 11) is 0. The number of unbranched alkanes of at least 4 members (excludes halogenated alkanes) is 1. The van der Waals surface area contributed by atoms with Crippen molar-refractivity contribution in [3.05, 3.63) is 0 Å². The lowest BCUT2D eigenvalue weighted by atomic mass is 10.1. The fourth-order valence-corrected chi connectivity index (χ4v) is 1.84. The van der Waals surface area contributed by atoms with Crippen molar-refractivity contribution in [2.45, 2.75) is 38.6 Å². The average Bonchev–Trinajstić information content (AvgIpc) is 2.62. The molecule has 0 rings (SSSR count). The number of carbonyl (C=O) groups excluding carboxylic acids is 4. The second-order valence-electron chi connectivity index (χ2n) is 5.25. The first kappa shape index (κ1) is 23.0. The molecule has 0 fully saturated rings. The van der Waals surface area contributed by atoms with Gasteiger partial charge in [-0.2, -0.15) is 0 Å². The summed E-state index contributed by atoms with van der Waals surface area (Å²) in [6, 6.07) is -0.552. The van der Waals surface area contributed by atoms with Gasteiger partial charge in [0.25, 0.3) is 0 Å². The highest BCUT2D eigenvalue weighted by Crippen LogP contribution is 1.99. The highest BCUT2D eigenvalue weighted by molar-refractivity contribution is 5.80. The Morgan fingerprint density at radius 2 is 1.76 bits per heavy atom. The first-order valence-electron chi connectivity index (χ1n) is 8.47. The third kappa shape index (κ3) is 15.3. The van der Waals surface area contributed by atoms with Gasteiger partial charge in [0.2, 0.25) is 18.2 Å². The smallest absolute Gasteiger partial charge is 0.246 e. The van der Waals surface area contributed by atoms with Gasteiger partial charge in [-0.1, -0.05) is 6.92 Å². The molecule has 0 aromatic carbocycles. The van der Waals surface area contributed by atoms with Crippen molar-refractivity contribution in [3.8, 4) is 0 Å². The molecule has 0 radical (unpaired) electrons. The lowest BCUT2D eigenvalue weighted by Crippen LogP contribution is -2.38. The monoisotopic (exact) mass is 359 g/mol. The van der Waals surface area contributed by atoms with Crippen LogP contribution in [0.3, 0.4) is 0 Å². The number of hydrogen-bond acceptors (Lipinski definition) is 6. The summed E-state index contributed by atoms with van der Waals surface area (Å²) in [6.07, 6.45) is 3.73. The fourth-order valence-electron chi connectivity index (χ4n) is 1.84. The molecular weight excluding hydrogens is 330 g/mol. The molecule has 0 aliphatic heterocycles. The molecule has 1 unspecified atom stereocenters. The minimum atomic E-state index is -0.552. The third-order valence-electron chi connectivity index (χ3n) is 3.18. The number of hydrogen-bond donors (Lipinski definition) is 3.